The van der Waals surface area contributed by atoms with E-state index in [2.05, 4.69) is 10.0 Å². The number of hydrogen-bond donors (Lipinski definition) is 1. The molecule has 308 valence electrons. The summed E-state index contributed by atoms with van der Waals surface area (Å²) < 4.78 is 48.3. The molecule has 1 N–H and O–H groups in total. The number of aliphatic hydroxyl groups excluding tert-OH is 1. The van der Waals surface area contributed by atoms with Crippen molar-refractivity contribution in [3.63, 3.8) is 0 Å². The molecule has 16 heteroatoms. The third-order valence-corrected chi connectivity index (χ3v) is 10.8. The quantitative estimate of drug-likeness (QED) is 0.0836. The van der Waals surface area contributed by atoms with Gasteiger partial charge in [0.15, 0.2) is 37.0 Å². The van der Waals surface area contributed by atoms with E-state index in [1.807, 2.05) is 52.0 Å². The van der Waals surface area contributed by atoms with Crippen LogP contribution >= 0.6 is 0 Å². The van der Waals surface area contributed by atoms with Gasteiger partial charge in [0, 0.05) is 25.7 Å². The van der Waals surface area contributed by atoms with Crippen molar-refractivity contribution >= 4 is 23.9 Å². The molecule has 0 unspecified atom stereocenters. The van der Waals surface area contributed by atoms with Gasteiger partial charge in [-0.05, 0) is 96.8 Å². The number of nitrogens with zero attached hydrogens (tertiary/aromatic N) is 3. The summed E-state index contributed by atoms with van der Waals surface area (Å²) in [4.78, 5) is 53.7. The highest BCUT2D eigenvalue weighted by atomic mass is 16.8. The molecule has 0 amide bonds. The molecule has 58 heavy (non-hydrogen) atoms. The maximum Gasteiger partial charge on any atom is 0.338 e. The van der Waals surface area contributed by atoms with Gasteiger partial charge in [-0.25, -0.2) is 4.79 Å². The van der Waals surface area contributed by atoms with E-state index in [0.717, 1.165) is 54.2 Å². The second kappa shape index (κ2) is 17.6. The number of carbonyl (C=O) groups is 4. The first-order chi connectivity index (χ1) is 27.6. The summed E-state index contributed by atoms with van der Waals surface area (Å²) >= 11 is 0. The molecule has 0 spiro atoms. The zero-order valence-corrected chi connectivity index (χ0v) is 33.4. The largest absolute Gasteiger partial charge is 0.456 e. The van der Waals surface area contributed by atoms with Crippen LogP contribution in [-0.4, -0.2) is 90.8 Å². The van der Waals surface area contributed by atoms with Crippen LogP contribution in [0.5, 0.6) is 0 Å². The standard InChI is InChI=1S/C42H47N3O13/c1-19-14-16-28-31(21(19)3)32-22(4)20(2)15-17-29(32)35(34(28)49)57-42-39(56-40(50)27-12-10-9-11-13-27)37(33(44-45-43)23(5)52-42)58-41-38(55-26(8)48)36(54-25(7)47)30(18-51-41)53-24(6)46/h9-17,23,30,33-39,41-42,49H,18H2,1-8H3/t23-,30-,33+,34+,35+,36+,37+,38-,39-,41+,42+/m1/s1. The fourth-order valence-electron chi connectivity index (χ4n) is 7.79. The van der Waals surface area contributed by atoms with Crippen LogP contribution in [0, 0.1) is 27.7 Å². The molecule has 11 atom stereocenters. The van der Waals surface area contributed by atoms with Gasteiger partial charge < -0.3 is 43.0 Å². The predicted octanol–water partition coefficient (Wildman–Crippen LogP) is 5.88. The lowest BCUT2D eigenvalue weighted by Gasteiger charge is -2.47. The number of benzene rings is 3. The molecule has 0 saturated carbocycles. The van der Waals surface area contributed by atoms with Crippen molar-refractivity contribution in [2.75, 3.05) is 6.61 Å². The van der Waals surface area contributed by atoms with Gasteiger partial charge in [-0.3, -0.25) is 14.4 Å². The topological polar surface area (TPSA) is 211 Å². The van der Waals surface area contributed by atoms with Crippen molar-refractivity contribution in [2.45, 2.75) is 123 Å². The van der Waals surface area contributed by atoms with Crippen molar-refractivity contribution in [1.29, 1.82) is 0 Å². The average molecular weight is 802 g/mol. The monoisotopic (exact) mass is 801 g/mol. The summed E-state index contributed by atoms with van der Waals surface area (Å²) in [5.41, 5.74) is 17.1. The first-order valence-electron chi connectivity index (χ1n) is 18.9. The van der Waals surface area contributed by atoms with E-state index in [1.54, 1.807) is 37.3 Å². The first-order valence-corrected chi connectivity index (χ1v) is 18.9. The minimum Gasteiger partial charge on any atom is -0.456 e. The van der Waals surface area contributed by atoms with Gasteiger partial charge >= 0.3 is 23.9 Å². The van der Waals surface area contributed by atoms with Crippen LogP contribution in [0.3, 0.4) is 0 Å². The van der Waals surface area contributed by atoms with Crippen molar-refractivity contribution in [1.82, 2.24) is 0 Å². The van der Waals surface area contributed by atoms with Gasteiger partial charge in [0.05, 0.1) is 24.3 Å². The molecular formula is C42H47N3O13. The van der Waals surface area contributed by atoms with Gasteiger partial charge in [0.25, 0.3) is 0 Å². The van der Waals surface area contributed by atoms with E-state index in [1.165, 1.54) is 0 Å². The second-order valence-corrected chi connectivity index (χ2v) is 14.7. The summed E-state index contributed by atoms with van der Waals surface area (Å²) in [7, 11) is 0. The summed E-state index contributed by atoms with van der Waals surface area (Å²) in [6.07, 6.45) is -13.4. The molecule has 0 radical (unpaired) electrons. The fraction of sp³-hybridized carbons (Fsp3) is 0.476. The minimum atomic E-state index is -1.57. The number of hydrogen-bond acceptors (Lipinski definition) is 14. The Morgan fingerprint density at radius 3 is 1.90 bits per heavy atom. The highest BCUT2D eigenvalue weighted by Gasteiger charge is 2.54. The zero-order valence-electron chi connectivity index (χ0n) is 33.4. The molecule has 0 bridgehead atoms. The Morgan fingerprint density at radius 2 is 1.29 bits per heavy atom. The molecule has 2 aliphatic heterocycles. The van der Waals surface area contributed by atoms with E-state index in [9.17, 15) is 29.8 Å². The van der Waals surface area contributed by atoms with E-state index < -0.39 is 91.3 Å². The lowest BCUT2D eigenvalue weighted by Crippen LogP contribution is -2.64. The molecule has 2 saturated heterocycles. The Morgan fingerprint density at radius 1 is 0.724 bits per heavy atom. The maximum absolute atomic E-state index is 13.9. The molecule has 3 aromatic carbocycles. The minimum absolute atomic E-state index is 0.165. The zero-order chi connectivity index (χ0) is 42.0. The second-order valence-electron chi connectivity index (χ2n) is 14.7. The van der Waals surface area contributed by atoms with E-state index >= 15 is 0 Å². The number of aryl methyl sites for hydroxylation is 2. The van der Waals surface area contributed by atoms with E-state index in [4.69, 9.17) is 37.9 Å². The lowest BCUT2D eigenvalue weighted by atomic mass is 9.76. The van der Waals surface area contributed by atoms with Crippen molar-refractivity contribution in [3.05, 3.63) is 104 Å². The molecule has 16 nitrogen and oxygen atoms in total. The number of aliphatic hydroxyl groups is 1. The van der Waals surface area contributed by atoms with Crippen molar-refractivity contribution in [2.24, 2.45) is 5.11 Å². The fourth-order valence-corrected chi connectivity index (χ4v) is 7.79. The molecule has 1 aliphatic carbocycles. The number of rotatable bonds is 10. The van der Waals surface area contributed by atoms with Crippen LogP contribution in [0.25, 0.3) is 21.6 Å². The van der Waals surface area contributed by atoms with Gasteiger partial charge in [-0.1, -0.05) is 47.6 Å². The maximum atomic E-state index is 13.9. The van der Waals surface area contributed by atoms with Crippen molar-refractivity contribution < 1.29 is 62.2 Å². The van der Waals surface area contributed by atoms with Crippen LogP contribution in [-0.2, 0) is 52.3 Å². The molecule has 2 heterocycles. The Kier molecular flexibility index (Phi) is 12.9. The third-order valence-electron chi connectivity index (χ3n) is 10.8. The molecule has 6 rings (SSSR count). The SMILES string of the molecule is CC(=O)O[C@@H]1[C@@H](OC(C)=O)[C@H](O[C@H]2[C@@H](N=[N+]=[N-])[C@@H](C)O[C@@H](O[C@H]3c4ccc(C)c(C)c4-c4c(ccc(C)c4C)[C@@H]3O)[C@@H]2OC(=O)c2ccccc2)OC[C@H]1OC(C)=O. The van der Waals surface area contributed by atoms with Crippen LogP contribution in [0.4, 0.5) is 0 Å². The number of ether oxygens (including phenoxy) is 8. The van der Waals surface area contributed by atoms with Gasteiger partial charge in [-0.2, -0.15) is 0 Å². The third kappa shape index (κ3) is 8.58. The van der Waals surface area contributed by atoms with E-state index in [0.29, 0.717) is 11.1 Å². The normalized spacial score (nSPS) is 28.8. The summed E-state index contributed by atoms with van der Waals surface area (Å²) in [5, 5.41) is 16.1. The van der Waals surface area contributed by atoms with Crippen LogP contribution in [0.1, 0.15) is 83.6 Å². The van der Waals surface area contributed by atoms with Crippen molar-refractivity contribution in [3.8, 4) is 11.1 Å². The Labute approximate surface area is 335 Å². The predicted molar refractivity (Wildman–Crippen MR) is 204 cm³/mol. The Bertz CT molecular complexity index is 2100. The first kappa shape index (κ1) is 42.3. The highest BCUT2D eigenvalue weighted by Crippen LogP contribution is 2.51. The number of esters is 4. The summed E-state index contributed by atoms with van der Waals surface area (Å²) in [5.74, 6) is -3.12. The van der Waals surface area contributed by atoms with Gasteiger partial charge in [0.2, 0.25) is 0 Å². The molecule has 0 aromatic heterocycles. The number of carbonyl (C=O) groups excluding carboxylic acids is 4. The summed E-state index contributed by atoms with van der Waals surface area (Å²) in [6.45, 7) is 12.6. The van der Waals surface area contributed by atoms with Gasteiger partial charge in [0.1, 0.15) is 18.3 Å². The number of azide groups is 1. The van der Waals surface area contributed by atoms with Crippen LogP contribution in [0.2, 0.25) is 0 Å². The number of fused-ring (bicyclic) bond motifs is 3. The van der Waals surface area contributed by atoms with Crippen LogP contribution < -0.4 is 0 Å². The molecule has 3 aromatic rings. The Hall–Kier alpha value is -5.35. The Balaban J connectivity index is 1.45. The van der Waals surface area contributed by atoms with Gasteiger partial charge in [-0.15, -0.1) is 0 Å². The average Bonchev–Trinajstić information content (AvgIpc) is 3.17. The summed E-state index contributed by atoms with van der Waals surface area (Å²) in [6, 6.07) is 14.5. The lowest BCUT2D eigenvalue weighted by molar-refractivity contribution is -0.337. The smallest absolute Gasteiger partial charge is 0.338 e. The highest BCUT2D eigenvalue weighted by molar-refractivity contribution is 5.89. The molecular weight excluding hydrogens is 754 g/mol. The van der Waals surface area contributed by atoms with E-state index in [-0.39, 0.29) is 12.2 Å². The molecule has 2 fully saturated rings. The van der Waals surface area contributed by atoms with Crippen LogP contribution in [0.15, 0.2) is 59.7 Å². The molecule has 3 aliphatic rings.